The largest absolute Gasteiger partial charge is 0.324 e. The zero-order valence-corrected chi connectivity index (χ0v) is 8.93. The van der Waals surface area contributed by atoms with Gasteiger partial charge in [0.25, 0.3) is 0 Å². The van der Waals surface area contributed by atoms with Crippen LogP contribution in [0.2, 0.25) is 3.98 Å². The van der Waals surface area contributed by atoms with Crippen LogP contribution in [0.4, 0.5) is 0 Å². The molecular formula is C3H6CdO2P. The third-order valence-electron chi connectivity index (χ3n) is 0.204. The molecule has 0 atom stereocenters. The van der Waals surface area contributed by atoms with Crippen molar-refractivity contribution in [1.29, 1.82) is 0 Å². The second-order valence-electron chi connectivity index (χ2n) is 0.659. The first-order valence-corrected chi connectivity index (χ1v) is 5.32. The van der Waals surface area contributed by atoms with Gasteiger partial charge in [0.1, 0.15) is 0 Å². The monoisotopic (exact) mass is 219 g/mol. The van der Waals surface area contributed by atoms with E-state index in [-0.39, 0.29) is 0 Å². The Kier molecular flexibility index (Phi) is 24.2. The molecule has 0 aliphatic carbocycles. The van der Waals surface area contributed by atoms with Crippen LogP contribution >= 0.6 is 8.69 Å². The smallest absolute Gasteiger partial charge is 0.310 e. The molecule has 0 unspecified atom stereocenters. The Morgan fingerprint density at radius 1 is 2.00 bits per heavy atom. The molecule has 0 aromatic rings. The van der Waals surface area contributed by atoms with E-state index in [0.717, 1.165) is 25.8 Å². The molecule has 0 rings (SSSR count). The zero-order chi connectivity index (χ0) is 6.12. The molecule has 0 saturated heterocycles. The van der Waals surface area contributed by atoms with Gasteiger partial charge < -0.3 is 4.89 Å². The normalized spacial score (nSPS) is 6.71. The van der Waals surface area contributed by atoms with Gasteiger partial charge in [-0.1, -0.05) is 0 Å². The van der Waals surface area contributed by atoms with Gasteiger partial charge in [0.15, 0.2) is 0 Å². The number of rotatable bonds is 1. The Balaban J connectivity index is 0. The second-order valence-corrected chi connectivity index (χ2v) is 2.47. The molecule has 0 heterocycles. The molecule has 2 nitrogen and oxygen atoms in total. The second kappa shape index (κ2) is 15.9. The van der Waals surface area contributed by atoms with Crippen molar-refractivity contribution in [2.24, 2.45) is 0 Å². The average molecular weight is 217 g/mol. The van der Waals surface area contributed by atoms with Gasteiger partial charge in [-0.25, -0.2) is 4.57 Å². The standard InChI is InChI=1S/C3H5.Cd.HO2P/c1-3-2;;1-3-2/h3H,1-2H2;;(H,1,2). The van der Waals surface area contributed by atoms with E-state index in [9.17, 15) is 0 Å². The van der Waals surface area contributed by atoms with Crippen LogP contribution in [0, 0.1) is 0 Å². The fourth-order valence-corrected chi connectivity index (χ4v) is 0. The predicted molar refractivity (Wildman–Crippen MR) is 24.8 cm³/mol. The SMILES string of the molecule is C=C[CH2][Cd].O=PO. The molecule has 1 N–H and O–H groups in total. The molecular weight excluding hydrogens is 211 g/mol. The third-order valence-corrected chi connectivity index (χ3v) is 1.37. The first-order chi connectivity index (χ1) is 3.33. The summed E-state index contributed by atoms with van der Waals surface area (Å²) in [5.74, 6) is 0. The van der Waals surface area contributed by atoms with Crippen molar-refractivity contribution in [2.75, 3.05) is 0 Å². The van der Waals surface area contributed by atoms with Gasteiger partial charge in [0.2, 0.25) is 0 Å². The number of allylic oxidation sites excluding steroid dienone is 1. The van der Waals surface area contributed by atoms with E-state index in [0.29, 0.717) is 0 Å². The topological polar surface area (TPSA) is 37.3 Å². The molecule has 0 bridgehead atoms. The van der Waals surface area contributed by atoms with Crippen LogP contribution in [0.1, 0.15) is 0 Å². The maximum atomic E-state index is 8.46. The first-order valence-electron chi connectivity index (χ1n) is 1.70. The quantitative estimate of drug-likeness (QED) is 0.409. The van der Waals surface area contributed by atoms with Gasteiger partial charge in [0.05, 0.1) is 0 Å². The number of hydrogen-bond donors (Lipinski definition) is 1. The van der Waals surface area contributed by atoms with Gasteiger partial charge in [-0.15, -0.1) is 0 Å². The Bertz CT molecular complexity index is 48.2. The summed E-state index contributed by atoms with van der Waals surface area (Å²) in [6, 6.07) is 0. The first kappa shape index (κ1) is 10.7. The summed E-state index contributed by atoms with van der Waals surface area (Å²) < 4.78 is 9.71. The van der Waals surface area contributed by atoms with Crippen molar-refractivity contribution in [2.45, 2.75) is 3.98 Å². The average Bonchev–Trinajstić information content (AvgIpc) is 1.69. The fourth-order valence-electron chi connectivity index (χ4n) is 0. The van der Waals surface area contributed by atoms with E-state index in [1.807, 2.05) is 6.08 Å². The van der Waals surface area contributed by atoms with Crippen molar-refractivity contribution in [3.05, 3.63) is 12.7 Å². The molecule has 0 amide bonds. The van der Waals surface area contributed by atoms with Gasteiger partial charge in [-0.2, -0.15) is 0 Å². The Labute approximate surface area is 60.6 Å². The maximum absolute atomic E-state index is 8.46. The molecule has 0 radical (unpaired) electrons. The van der Waals surface area contributed by atoms with Crippen molar-refractivity contribution >= 4 is 8.69 Å². The van der Waals surface area contributed by atoms with Crippen LogP contribution in [0.3, 0.4) is 0 Å². The predicted octanol–water partition coefficient (Wildman–Crippen LogP) is 1.32. The molecule has 0 aliphatic heterocycles. The van der Waals surface area contributed by atoms with E-state index < -0.39 is 8.69 Å². The summed E-state index contributed by atoms with van der Waals surface area (Å²) in [6.45, 7) is 3.52. The summed E-state index contributed by atoms with van der Waals surface area (Å²) in [6.07, 6.45) is 1.95. The van der Waals surface area contributed by atoms with Crippen LogP contribution in [0.15, 0.2) is 12.7 Å². The molecule has 0 fully saturated rings. The summed E-state index contributed by atoms with van der Waals surface area (Å²) in [5, 5.41) is 0. The van der Waals surface area contributed by atoms with Crippen LogP contribution in [-0.2, 0) is 30.3 Å². The van der Waals surface area contributed by atoms with Gasteiger partial charge in [-0.05, 0) is 0 Å². The molecule has 0 aliphatic rings. The van der Waals surface area contributed by atoms with Crippen molar-refractivity contribution in [3.63, 3.8) is 0 Å². The Morgan fingerprint density at radius 3 is 2.14 bits per heavy atom. The van der Waals surface area contributed by atoms with Crippen molar-refractivity contribution < 1.29 is 35.2 Å². The molecule has 0 spiro atoms. The summed E-state index contributed by atoms with van der Waals surface area (Å²) in [7, 11) is -0.833. The van der Waals surface area contributed by atoms with Crippen LogP contribution in [0.5, 0.6) is 0 Å². The molecule has 7 heavy (non-hydrogen) atoms. The van der Waals surface area contributed by atoms with Crippen LogP contribution in [0.25, 0.3) is 0 Å². The zero-order valence-electron chi connectivity index (χ0n) is 4.00. The van der Waals surface area contributed by atoms with Gasteiger partial charge in [-0.3, -0.25) is 0 Å². The van der Waals surface area contributed by atoms with E-state index in [4.69, 9.17) is 9.46 Å². The maximum Gasteiger partial charge on any atom is 0.324 e. The molecule has 0 aromatic carbocycles. The minimum absolute atomic E-state index is 0.833. The summed E-state index contributed by atoms with van der Waals surface area (Å²) in [5.41, 5.74) is 0. The Morgan fingerprint density at radius 2 is 2.14 bits per heavy atom. The van der Waals surface area contributed by atoms with Crippen LogP contribution in [-0.4, -0.2) is 4.89 Å². The summed E-state index contributed by atoms with van der Waals surface area (Å²) in [4.78, 5) is 6.99. The summed E-state index contributed by atoms with van der Waals surface area (Å²) >= 11 is 1.09. The minimum Gasteiger partial charge on any atom is -0.310 e. The van der Waals surface area contributed by atoms with E-state index in [1.54, 1.807) is 0 Å². The van der Waals surface area contributed by atoms with Crippen molar-refractivity contribution in [3.8, 4) is 0 Å². The fraction of sp³-hybridized carbons (Fsp3) is 0.333. The third kappa shape index (κ3) is 50.5. The van der Waals surface area contributed by atoms with Gasteiger partial charge in [0, 0.05) is 0 Å². The molecule has 0 aromatic heterocycles. The molecule has 0 saturated carbocycles. The van der Waals surface area contributed by atoms with E-state index in [1.165, 1.54) is 3.98 Å². The van der Waals surface area contributed by atoms with Crippen molar-refractivity contribution in [1.82, 2.24) is 0 Å². The van der Waals surface area contributed by atoms with E-state index >= 15 is 0 Å². The van der Waals surface area contributed by atoms with Gasteiger partial charge >= 0.3 is 51.1 Å². The Hall–Kier alpha value is 0.722. The number of hydrogen-bond acceptors (Lipinski definition) is 1. The minimum atomic E-state index is -0.833. The molecule has 4 heteroatoms. The molecule has 37 valence electrons. The van der Waals surface area contributed by atoms with E-state index in [2.05, 4.69) is 6.58 Å². The van der Waals surface area contributed by atoms with Crippen LogP contribution < -0.4 is 0 Å².